The Labute approximate surface area is 171 Å². The first kappa shape index (κ1) is 20.3. The number of ether oxygens (including phenoxy) is 2. The van der Waals surface area contributed by atoms with Crippen LogP contribution in [0, 0.1) is 0 Å². The van der Waals surface area contributed by atoms with E-state index in [4.69, 9.17) is 9.47 Å². The SMILES string of the molecule is CCOc1ccc(N=C2S/C(=C/c3cc(O)cc(O)c3)C(O)=C2C(=O)OC)cc1. The Hall–Kier alpha value is -3.39. The summed E-state index contributed by atoms with van der Waals surface area (Å²) < 4.78 is 10.2. The van der Waals surface area contributed by atoms with Gasteiger partial charge in [-0.15, -0.1) is 0 Å². The lowest BCUT2D eigenvalue weighted by atomic mass is 10.1. The van der Waals surface area contributed by atoms with E-state index in [1.165, 1.54) is 31.4 Å². The van der Waals surface area contributed by atoms with Crippen LogP contribution in [-0.4, -0.2) is 40.0 Å². The lowest BCUT2D eigenvalue weighted by molar-refractivity contribution is -0.135. The topological polar surface area (TPSA) is 109 Å². The van der Waals surface area contributed by atoms with E-state index >= 15 is 0 Å². The van der Waals surface area contributed by atoms with Gasteiger partial charge in [-0.3, -0.25) is 0 Å². The van der Waals surface area contributed by atoms with E-state index in [2.05, 4.69) is 4.99 Å². The molecule has 7 nitrogen and oxygen atoms in total. The zero-order valence-corrected chi connectivity index (χ0v) is 16.6. The molecule has 3 N–H and O–H groups in total. The fourth-order valence-corrected chi connectivity index (χ4v) is 3.68. The van der Waals surface area contributed by atoms with Crippen molar-refractivity contribution in [3.63, 3.8) is 0 Å². The van der Waals surface area contributed by atoms with Crippen molar-refractivity contribution in [3.05, 3.63) is 64.3 Å². The Morgan fingerprint density at radius 3 is 2.34 bits per heavy atom. The molecule has 0 spiro atoms. The number of phenolic OH excluding ortho intramolecular Hbond substituents is 2. The molecule has 0 unspecified atom stereocenters. The molecule has 0 aliphatic carbocycles. The summed E-state index contributed by atoms with van der Waals surface area (Å²) in [5.41, 5.74) is 0.964. The Bertz CT molecular complexity index is 1000. The number of rotatable bonds is 5. The quantitative estimate of drug-likeness (QED) is 0.627. The third kappa shape index (κ3) is 4.72. The zero-order chi connectivity index (χ0) is 21.0. The maximum atomic E-state index is 12.2. The minimum Gasteiger partial charge on any atom is -0.508 e. The lowest BCUT2D eigenvalue weighted by Crippen LogP contribution is -2.10. The minimum atomic E-state index is -0.721. The Kier molecular flexibility index (Phi) is 6.13. The molecule has 3 rings (SSSR count). The van der Waals surface area contributed by atoms with Gasteiger partial charge in [0.05, 0.1) is 24.3 Å². The number of carbonyl (C=O) groups is 1. The van der Waals surface area contributed by atoms with Gasteiger partial charge in [0.25, 0.3) is 0 Å². The zero-order valence-electron chi connectivity index (χ0n) is 15.7. The molecule has 0 bridgehead atoms. The van der Waals surface area contributed by atoms with Gasteiger partial charge in [-0.2, -0.15) is 0 Å². The Morgan fingerprint density at radius 2 is 1.76 bits per heavy atom. The molecule has 0 saturated heterocycles. The predicted molar refractivity (Wildman–Crippen MR) is 112 cm³/mol. The molecule has 1 aliphatic heterocycles. The number of benzene rings is 2. The summed E-state index contributed by atoms with van der Waals surface area (Å²) in [5.74, 6) is -0.554. The van der Waals surface area contributed by atoms with Crippen molar-refractivity contribution in [1.82, 2.24) is 0 Å². The van der Waals surface area contributed by atoms with Gasteiger partial charge in [0, 0.05) is 6.07 Å². The third-order valence-corrected chi connectivity index (χ3v) is 4.90. The van der Waals surface area contributed by atoms with E-state index in [9.17, 15) is 20.1 Å². The molecule has 2 aromatic rings. The molecule has 1 heterocycles. The monoisotopic (exact) mass is 413 g/mol. The molecule has 0 fully saturated rings. The number of aliphatic hydroxyl groups is 1. The molecule has 0 atom stereocenters. The molecule has 29 heavy (non-hydrogen) atoms. The smallest absolute Gasteiger partial charge is 0.344 e. The normalized spacial score (nSPS) is 16.5. The fraction of sp³-hybridized carbons (Fsp3) is 0.143. The first-order valence-electron chi connectivity index (χ1n) is 8.67. The molecular weight excluding hydrogens is 394 g/mol. The summed E-state index contributed by atoms with van der Waals surface area (Å²) in [6.45, 7) is 2.44. The van der Waals surface area contributed by atoms with Crippen molar-refractivity contribution >= 4 is 34.5 Å². The van der Waals surface area contributed by atoms with Crippen molar-refractivity contribution in [3.8, 4) is 17.2 Å². The Balaban J connectivity index is 1.99. The second-order valence-corrected chi connectivity index (χ2v) is 6.98. The number of esters is 1. The van der Waals surface area contributed by atoms with Crippen LogP contribution in [0.15, 0.2) is 63.7 Å². The van der Waals surface area contributed by atoms with Crippen molar-refractivity contribution in [2.24, 2.45) is 4.99 Å². The highest BCUT2D eigenvalue weighted by Gasteiger charge is 2.33. The van der Waals surface area contributed by atoms with Crippen LogP contribution in [0.2, 0.25) is 0 Å². The molecule has 0 amide bonds. The van der Waals surface area contributed by atoms with Crippen LogP contribution in [0.1, 0.15) is 12.5 Å². The van der Waals surface area contributed by atoms with E-state index in [-0.39, 0.29) is 27.9 Å². The summed E-state index contributed by atoms with van der Waals surface area (Å²) in [6.07, 6.45) is 1.53. The number of aliphatic hydroxyl groups excluding tert-OH is 1. The van der Waals surface area contributed by atoms with Gasteiger partial charge in [0.2, 0.25) is 0 Å². The summed E-state index contributed by atoms with van der Waals surface area (Å²) in [6, 6.07) is 11.0. The van der Waals surface area contributed by atoms with Gasteiger partial charge in [-0.25, -0.2) is 9.79 Å². The molecule has 8 heteroatoms. The van der Waals surface area contributed by atoms with E-state index in [1.54, 1.807) is 24.3 Å². The highest BCUT2D eigenvalue weighted by molar-refractivity contribution is 8.18. The minimum absolute atomic E-state index is 0.0537. The third-order valence-electron chi connectivity index (χ3n) is 3.88. The summed E-state index contributed by atoms with van der Waals surface area (Å²) in [5, 5.41) is 30.1. The first-order chi connectivity index (χ1) is 13.9. The number of hydrogen-bond donors (Lipinski definition) is 3. The second-order valence-electron chi connectivity index (χ2n) is 5.95. The van der Waals surface area contributed by atoms with Gasteiger partial charge >= 0.3 is 5.97 Å². The van der Waals surface area contributed by atoms with Crippen LogP contribution < -0.4 is 4.74 Å². The second kappa shape index (κ2) is 8.74. The maximum Gasteiger partial charge on any atom is 0.344 e. The maximum absolute atomic E-state index is 12.2. The largest absolute Gasteiger partial charge is 0.508 e. The summed E-state index contributed by atoms with van der Waals surface area (Å²) in [4.78, 5) is 17.0. The average molecular weight is 413 g/mol. The number of hydrogen-bond acceptors (Lipinski definition) is 8. The number of phenols is 2. The van der Waals surface area contributed by atoms with Crippen LogP contribution in [0.25, 0.3) is 6.08 Å². The van der Waals surface area contributed by atoms with E-state index in [0.717, 1.165) is 11.8 Å². The van der Waals surface area contributed by atoms with Crippen molar-refractivity contribution < 1.29 is 29.6 Å². The van der Waals surface area contributed by atoms with Crippen LogP contribution in [-0.2, 0) is 9.53 Å². The van der Waals surface area contributed by atoms with Gasteiger partial charge in [0.15, 0.2) is 0 Å². The van der Waals surface area contributed by atoms with E-state index in [1.807, 2.05) is 6.92 Å². The number of aromatic hydroxyl groups is 2. The van der Waals surface area contributed by atoms with Gasteiger partial charge < -0.3 is 24.8 Å². The van der Waals surface area contributed by atoms with Crippen LogP contribution in [0.3, 0.4) is 0 Å². The van der Waals surface area contributed by atoms with Gasteiger partial charge in [-0.05, 0) is 55.0 Å². The van der Waals surface area contributed by atoms with Crippen molar-refractivity contribution in [2.75, 3.05) is 13.7 Å². The highest BCUT2D eigenvalue weighted by Crippen LogP contribution is 2.40. The lowest BCUT2D eigenvalue weighted by Gasteiger charge is -2.04. The van der Waals surface area contributed by atoms with Crippen LogP contribution >= 0.6 is 11.8 Å². The van der Waals surface area contributed by atoms with Crippen molar-refractivity contribution in [2.45, 2.75) is 6.92 Å². The predicted octanol–water partition coefficient (Wildman–Crippen LogP) is 4.30. The Morgan fingerprint density at radius 1 is 1.10 bits per heavy atom. The summed E-state index contributed by atoms with van der Waals surface area (Å²) >= 11 is 1.08. The fourth-order valence-electron chi connectivity index (χ4n) is 2.64. The molecule has 150 valence electrons. The van der Waals surface area contributed by atoms with E-state index in [0.29, 0.717) is 28.5 Å². The molecule has 0 saturated carbocycles. The molecule has 0 aromatic heterocycles. The number of aliphatic imine (C=N–C) groups is 1. The summed E-state index contributed by atoms with van der Waals surface area (Å²) in [7, 11) is 1.22. The number of carbonyl (C=O) groups excluding carboxylic acids is 1. The van der Waals surface area contributed by atoms with Gasteiger partial charge in [-0.1, -0.05) is 11.8 Å². The van der Waals surface area contributed by atoms with Crippen LogP contribution in [0.4, 0.5) is 5.69 Å². The standard InChI is InChI=1S/C21H19NO6S/c1-3-28-16-6-4-13(5-7-16)22-20-18(21(26)27-2)19(25)17(29-20)10-12-8-14(23)11-15(24)9-12/h4-11,23-25H,3H2,1-2H3/b17-10+,22-20?. The highest BCUT2D eigenvalue weighted by atomic mass is 32.2. The number of thioether (sulfide) groups is 1. The van der Waals surface area contributed by atoms with Gasteiger partial charge in [0.1, 0.15) is 33.6 Å². The molecular formula is C21H19NO6S. The first-order valence-corrected chi connectivity index (χ1v) is 9.49. The number of nitrogens with zero attached hydrogens (tertiary/aromatic N) is 1. The average Bonchev–Trinajstić information content (AvgIpc) is 2.97. The molecule has 1 aliphatic rings. The van der Waals surface area contributed by atoms with Crippen LogP contribution in [0.5, 0.6) is 17.2 Å². The molecule has 0 radical (unpaired) electrons. The number of methoxy groups -OCH3 is 1. The van der Waals surface area contributed by atoms with E-state index < -0.39 is 5.97 Å². The van der Waals surface area contributed by atoms with Crippen molar-refractivity contribution in [1.29, 1.82) is 0 Å². The molecule has 2 aromatic carbocycles.